The van der Waals surface area contributed by atoms with Crippen LogP contribution in [0.4, 0.5) is 5.69 Å². The van der Waals surface area contributed by atoms with E-state index in [1.165, 1.54) is 0 Å². The third-order valence-corrected chi connectivity index (χ3v) is 1.76. The van der Waals surface area contributed by atoms with Crippen molar-refractivity contribution in [2.45, 2.75) is 13.8 Å². The van der Waals surface area contributed by atoms with Gasteiger partial charge >= 0.3 is 0 Å². The first kappa shape index (κ1) is 8.41. The zero-order valence-electron chi connectivity index (χ0n) is 6.96. The average Bonchev–Trinajstić information content (AvgIpc) is 2.08. The molecule has 1 aromatic rings. The van der Waals surface area contributed by atoms with Gasteiger partial charge in [0.1, 0.15) is 5.69 Å². The summed E-state index contributed by atoms with van der Waals surface area (Å²) in [6.45, 7) is 3.55. The summed E-state index contributed by atoms with van der Waals surface area (Å²) in [6.07, 6.45) is 0. The van der Waals surface area contributed by atoms with E-state index < -0.39 is 0 Å². The SMILES string of the molecule is Cc1cc(N=O)c(C)cc1C#N. The summed E-state index contributed by atoms with van der Waals surface area (Å²) in [5.74, 6) is 0. The van der Waals surface area contributed by atoms with Crippen molar-refractivity contribution in [1.29, 1.82) is 5.26 Å². The Labute approximate surface area is 70.6 Å². The van der Waals surface area contributed by atoms with Crippen LogP contribution >= 0.6 is 0 Å². The van der Waals surface area contributed by atoms with Gasteiger partial charge in [0.2, 0.25) is 0 Å². The molecule has 0 saturated heterocycles. The molecule has 1 rings (SSSR count). The molecular formula is C9H8N2O. The first-order chi connectivity index (χ1) is 5.69. The molecule has 0 atom stereocenters. The molecule has 0 radical (unpaired) electrons. The number of aryl methyl sites for hydroxylation is 2. The third-order valence-electron chi connectivity index (χ3n) is 1.76. The van der Waals surface area contributed by atoms with Crippen LogP contribution in [0.5, 0.6) is 0 Å². The number of hydrogen-bond acceptors (Lipinski definition) is 3. The van der Waals surface area contributed by atoms with Gasteiger partial charge in [0, 0.05) is 0 Å². The van der Waals surface area contributed by atoms with Crippen LogP contribution in [-0.2, 0) is 0 Å². The Morgan fingerprint density at radius 2 is 2.00 bits per heavy atom. The Morgan fingerprint density at radius 3 is 2.50 bits per heavy atom. The minimum Gasteiger partial charge on any atom is -0.192 e. The third kappa shape index (κ3) is 1.32. The van der Waals surface area contributed by atoms with Crippen molar-refractivity contribution < 1.29 is 0 Å². The van der Waals surface area contributed by atoms with Gasteiger partial charge in [0.25, 0.3) is 0 Å². The van der Waals surface area contributed by atoms with Crippen molar-refractivity contribution >= 4 is 5.69 Å². The van der Waals surface area contributed by atoms with Crippen LogP contribution in [0.3, 0.4) is 0 Å². The summed E-state index contributed by atoms with van der Waals surface area (Å²) in [6, 6.07) is 5.34. The molecule has 0 fully saturated rings. The standard InChI is InChI=1S/C9H8N2O/c1-6-4-9(11-12)7(2)3-8(6)5-10/h3-4H,1-2H3. The highest BCUT2D eigenvalue weighted by atomic mass is 16.3. The highest BCUT2D eigenvalue weighted by molar-refractivity contribution is 5.53. The molecule has 60 valence electrons. The minimum absolute atomic E-state index is 0.409. The molecule has 3 nitrogen and oxygen atoms in total. The number of nitroso groups, excluding NO2 is 1. The van der Waals surface area contributed by atoms with E-state index in [1.54, 1.807) is 26.0 Å². The van der Waals surface area contributed by atoms with Gasteiger partial charge in [-0.2, -0.15) is 5.26 Å². The zero-order chi connectivity index (χ0) is 9.14. The van der Waals surface area contributed by atoms with E-state index in [9.17, 15) is 4.91 Å². The summed E-state index contributed by atoms with van der Waals surface area (Å²) in [5, 5.41) is 11.5. The summed E-state index contributed by atoms with van der Waals surface area (Å²) in [7, 11) is 0. The molecule has 0 unspecified atom stereocenters. The second kappa shape index (κ2) is 3.14. The van der Waals surface area contributed by atoms with Gasteiger partial charge in [-0.3, -0.25) is 0 Å². The highest BCUT2D eigenvalue weighted by Crippen LogP contribution is 2.22. The van der Waals surface area contributed by atoms with Crippen LogP contribution in [0.15, 0.2) is 17.3 Å². The van der Waals surface area contributed by atoms with E-state index in [4.69, 9.17) is 5.26 Å². The van der Waals surface area contributed by atoms with Crippen molar-refractivity contribution in [3.63, 3.8) is 0 Å². The molecule has 0 aliphatic rings. The molecule has 12 heavy (non-hydrogen) atoms. The normalized spacial score (nSPS) is 9.08. The minimum atomic E-state index is 0.409. The molecule has 3 heteroatoms. The van der Waals surface area contributed by atoms with E-state index in [0.717, 1.165) is 11.1 Å². The lowest BCUT2D eigenvalue weighted by Gasteiger charge is -2.00. The largest absolute Gasteiger partial charge is 0.192 e. The average molecular weight is 160 g/mol. The maximum Gasteiger partial charge on any atom is 0.111 e. The molecule has 0 heterocycles. The van der Waals surface area contributed by atoms with Crippen LogP contribution in [0.2, 0.25) is 0 Å². The predicted octanol–water partition coefficient (Wildman–Crippen LogP) is 2.57. The molecule has 0 aromatic heterocycles. The van der Waals surface area contributed by atoms with Gasteiger partial charge in [-0.1, -0.05) is 0 Å². The van der Waals surface area contributed by atoms with Gasteiger partial charge in [-0.05, 0) is 42.3 Å². The fourth-order valence-corrected chi connectivity index (χ4v) is 1.02. The molecule has 0 N–H and O–H groups in total. The van der Waals surface area contributed by atoms with Crippen LogP contribution in [0.1, 0.15) is 16.7 Å². The Hall–Kier alpha value is -1.69. The van der Waals surface area contributed by atoms with Crippen LogP contribution in [-0.4, -0.2) is 0 Å². The van der Waals surface area contributed by atoms with E-state index in [-0.39, 0.29) is 0 Å². The van der Waals surface area contributed by atoms with Crippen molar-refractivity contribution in [2.75, 3.05) is 0 Å². The summed E-state index contributed by atoms with van der Waals surface area (Å²) < 4.78 is 0. The lowest BCUT2D eigenvalue weighted by atomic mass is 10.1. The number of nitrogens with zero attached hydrogens (tertiary/aromatic N) is 2. The van der Waals surface area contributed by atoms with E-state index >= 15 is 0 Å². The number of hydrogen-bond donors (Lipinski definition) is 0. The Balaban J connectivity index is 3.38. The first-order valence-electron chi connectivity index (χ1n) is 3.53. The number of benzene rings is 1. The maximum atomic E-state index is 10.2. The predicted molar refractivity (Wildman–Crippen MR) is 46.1 cm³/mol. The Kier molecular flexibility index (Phi) is 2.20. The Bertz CT molecular complexity index is 364. The van der Waals surface area contributed by atoms with Crippen LogP contribution < -0.4 is 0 Å². The van der Waals surface area contributed by atoms with E-state index in [0.29, 0.717) is 11.3 Å². The van der Waals surface area contributed by atoms with Crippen LogP contribution in [0.25, 0.3) is 0 Å². The lowest BCUT2D eigenvalue weighted by molar-refractivity contribution is 1.31. The molecule has 0 amide bonds. The van der Waals surface area contributed by atoms with Crippen molar-refractivity contribution in [3.05, 3.63) is 33.7 Å². The second-order valence-electron chi connectivity index (χ2n) is 2.66. The Morgan fingerprint density at radius 1 is 1.33 bits per heavy atom. The van der Waals surface area contributed by atoms with Gasteiger partial charge in [-0.15, -0.1) is 4.91 Å². The summed E-state index contributed by atoms with van der Waals surface area (Å²) in [5.41, 5.74) is 2.54. The quantitative estimate of drug-likeness (QED) is 0.593. The van der Waals surface area contributed by atoms with E-state index in [2.05, 4.69) is 5.18 Å². The van der Waals surface area contributed by atoms with Gasteiger partial charge < -0.3 is 0 Å². The molecule has 0 saturated carbocycles. The fraction of sp³-hybridized carbons (Fsp3) is 0.222. The van der Waals surface area contributed by atoms with Crippen LogP contribution in [0, 0.1) is 30.1 Å². The molecular weight excluding hydrogens is 152 g/mol. The molecule has 1 aromatic carbocycles. The van der Waals surface area contributed by atoms with E-state index in [1.807, 2.05) is 6.07 Å². The zero-order valence-corrected chi connectivity index (χ0v) is 6.96. The molecule has 0 bridgehead atoms. The second-order valence-corrected chi connectivity index (χ2v) is 2.66. The smallest absolute Gasteiger partial charge is 0.111 e. The molecule has 0 aliphatic carbocycles. The number of nitriles is 1. The summed E-state index contributed by atoms with van der Waals surface area (Å²) in [4.78, 5) is 10.2. The first-order valence-corrected chi connectivity index (χ1v) is 3.53. The maximum absolute atomic E-state index is 10.2. The molecule has 0 spiro atoms. The molecule has 0 aliphatic heterocycles. The number of rotatable bonds is 1. The fourth-order valence-electron chi connectivity index (χ4n) is 1.02. The summed E-state index contributed by atoms with van der Waals surface area (Å²) >= 11 is 0. The topological polar surface area (TPSA) is 53.2 Å². The van der Waals surface area contributed by atoms with Crippen molar-refractivity contribution in [1.82, 2.24) is 0 Å². The van der Waals surface area contributed by atoms with Gasteiger partial charge in [-0.25, -0.2) is 0 Å². The van der Waals surface area contributed by atoms with Crippen molar-refractivity contribution in [3.8, 4) is 6.07 Å². The van der Waals surface area contributed by atoms with Crippen molar-refractivity contribution in [2.24, 2.45) is 5.18 Å². The van der Waals surface area contributed by atoms with Gasteiger partial charge in [0.05, 0.1) is 11.6 Å². The highest BCUT2D eigenvalue weighted by Gasteiger charge is 2.03. The van der Waals surface area contributed by atoms with Gasteiger partial charge in [0.15, 0.2) is 0 Å². The monoisotopic (exact) mass is 160 g/mol. The lowest BCUT2D eigenvalue weighted by Crippen LogP contribution is -1.84.